The first-order valence-corrected chi connectivity index (χ1v) is 10.9. The van der Waals surface area contributed by atoms with Crippen LogP contribution in [-0.4, -0.2) is 22.0 Å². The van der Waals surface area contributed by atoms with Crippen LogP contribution >= 0.6 is 0 Å². The van der Waals surface area contributed by atoms with Gasteiger partial charge in [-0.2, -0.15) is 0 Å². The molecule has 5 rings (SSSR count). The number of carbonyl (C=O) groups is 1. The number of benzene rings is 3. The molecule has 0 saturated carbocycles. The first-order chi connectivity index (χ1) is 15.0. The van der Waals surface area contributed by atoms with E-state index in [0.717, 1.165) is 34.7 Å². The number of aromatic nitrogens is 2. The third kappa shape index (κ3) is 3.63. The topological polar surface area (TPSA) is 38.1 Å². The summed E-state index contributed by atoms with van der Waals surface area (Å²) in [4.78, 5) is 20.0. The lowest BCUT2D eigenvalue weighted by Gasteiger charge is -2.20. The minimum atomic E-state index is 0.0745. The first-order valence-electron chi connectivity index (χ1n) is 10.9. The van der Waals surface area contributed by atoms with Crippen LogP contribution in [0, 0.1) is 20.8 Å². The van der Waals surface area contributed by atoms with Gasteiger partial charge in [-0.15, -0.1) is 0 Å². The van der Waals surface area contributed by atoms with E-state index < -0.39 is 0 Å². The lowest BCUT2D eigenvalue weighted by molar-refractivity contribution is -0.117. The summed E-state index contributed by atoms with van der Waals surface area (Å²) in [6, 6.07) is 23.2. The Hall–Kier alpha value is -3.40. The van der Waals surface area contributed by atoms with Crippen LogP contribution in [0.25, 0.3) is 11.0 Å². The van der Waals surface area contributed by atoms with Gasteiger partial charge in [0, 0.05) is 31.1 Å². The van der Waals surface area contributed by atoms with Crippen molar-refractivity contribution in [1.29, 1.82) is 0 Å². The summed E-state index contributed by atoms with van der Waals surface area (Å²) in [5.74, 6) is 1.25. The van der Waals surface area contributed by atoms with Crippen molar-refractivity contribution < 1.29 is 4.79 Å². The summed E-state index contributed by atoms with van der Waals surface area (Å²) in [5.41, 5.74) is 7.98. The highest BCUT2D eigenvalue weighted by atomic mass is 16.2. The van der Waals surface area contributed by atoms with Crippen LogP contribution in [0.4, 0.5) is 5.69 Å². The molecule has 0 N–H and O–H groups in total. The zero-order valence-electron chi connectivity index (χ0n) is 18.3. The maximum Gasteiger partial charge on any atom is 0.227 e. The van der Waals surface area contributed by atoms with Gasteiger partial charge in [0.15, 0.2) is 0 Å². The highest BCUT2D eigenvalue weighted by molar-refractivity contribution is 5.97. The van der Waals surface area contributed by atoms with Crippen molar-refractivity contribution in [3.8, 4) is 0 Å². The minimum Gasteiger partial charge on any atom is -0.323 e. The van der Waals surface area contributed by atoms with Gasteiger partial charge in [0.25, 0.3) is 0 Å². The van der Waals surface area contributed by atoms with Crippen LogP contribution in [0.15, 0.2) is 66.7 Å². The van der Waals surface area contributed by atoms with E-state index in [1.54, 1.807) is 0 Å². The summed E-state index contributed by atoms with van der Waals surface area (Å²) < 4.78 is 2.30. The average molecular weight is 410 g/mol. The molecule has 4 heteroatoms. The molecule has 3 aromatic carbocycles. The molecule has 156 valence electrons. The molecule has 1 amide bonds. The summed E-state index contributed by atoms with van der Waals surface area (Å²) in [7, 11) is 0. The molecule has 0 aliphatic carbocycles. The van der Waals surface area contributed by atoms with E-state index in [1.807, 2.05) is 11.0 Å². The van der Waals surface area contributed by atoms with Gasteiger partial charge in [-0.25, -0.2) is 4.98 Å². The number of rotatable bonds is 4. The SMILES string of the molecule is Cc1cccc(Cn2c([C@H]3CC(=O)N(c4ccc(C)cc4C)C3)nc3ccccc32)c1. The maximum atomic E-state index is 13.0. The molecule has 4 nitrogen and oxygen atoms in total. The number of aryl methyl sites for hydroxylation is 3. The van der Waals surface area contributed by atoms with Gasteiger partial charge in [0.1, 0.15) is 5.82 Å². The van der Waals surface area contributed by atoms with Crippen LogP contribution in [0.2, 0.25) is 0 Å². The number of carbonyl (C=O) groups excluding carboxylic acids is 1. The van der Waals surface area contributed by atoms with Gasteiger partial charge in [0.05, 0.1) is 11.0 Å². The lowest BCUT2D eigenvalue weighted by Crippen LogP contribution is -2.25. The Bertz CT molecular complexity index is 1290. The van der Waals surface area contributed by atoms with E-state index in [9.17, 15) is 4.79 Å². The zero-order valence-corrected chi connectivity index (χ0v) is 18.3. The van der Waals surface area contributed by atoms with E-state index in [-0.39, 0.29) is 11.8 Å². The van der Waals surface area contributed by atoms with Crippen molar-refractivity contribution in [3.05, 3.63) is 94.8 Å². The molecule has 1 aliphatic heterocycles. The van der Waals surface area contributed by atoms with E-state index in [1.165, 1.54) is 16.7 Å². The summed E-state index contributed by atoms with van der Waals surface area (Å²) in [5, 5.41) is 0. The Morgan fingerprint density at radius 3 is 2.55 bits per heavy atom. The first kappa shape index (κ1) is 19.6. The predicted molar refractivity (Wildman–Crippen MR) is 126 cm³/mol. The van der Waals surface area contributed by atoms with E-state index in [0.29, 0.717) is 13.0 Å². The molecule has 1 atom stereocenters. The molecule has 4 aromatic rings. The summed E-state index contributed by atoms with van der Waals surface area (Å²) in [6.45, 7) is 7.70. The monoisotopic (exact) mass is 409 g/mol. The van der Waals surface area contributed by atoms with E-state index in [2.05, 4.69) is 86.0 Å². The molecule has 31 heavy (non-hydrogen) atoms. The van der Waals surface area contributed by atoms with Gasteiger partial charge < -0.3 is 9.47 Å². The Morgan fingerprint density at radius 2 is 1.74 bits per heavy atom. The maximum absolute atomic E-state index is 13.0. The highest BCUT2D eigenvalue weighted by Gasteiger charge is 2.35. The van der Waals surface area contributed by atoms with Crippen LogP contribution in [-0.2, 0) is 11.3 Å². The van der Waals surface area contributed by atoms with E-state index in [4.69, 9.17) is 4.98 Å². The van der Waals surface area contributed by atoms with E-state index >= 15 is 0 Å². The fourth-order valence-corrected chi connectivity index (χ4v) is 4.79. The molecule has 1 fully saturated rings. The number of fused-ring (bicyclic) bond motifs is 1. The van der Waals surface area contributed by atoms with Gasteiger partial charge in [-0.1, -0.05) is 59.7 Å². The van der Waals surface area contributed by atoms with Crippen molar-refractivity contribution in [2.75, 3.05) is 11.4 Å². The number of amides is 1. The Morgan fingerprint density at radius 1 is 0.935 bits per heavy atom. The average Bonchev–Trinajstić information content (AvgIpc) is 3.29. The molecule has 2 heterocycles. The summed E-state index contributed by atoms with van der Waals surface area (Å²) in [6.07, 6.45) is 0.491. The van der Waals surface area contributed by atoms with Crippen molar-refractivity contribution in [1.82, 2.24) is 9.55 Å². The zero-order chi connectivity index (χ0) is 21.5. The third-order valence-corrected chi connectivity index (χ3v) is 6.24. The van der Waals surface area contributed by atoms with Crippen LogP contribution in [0.1, 0.15) is 40.4 Å². The molecule has 1 aliphatic rings. The number of imidazole rings is 1. The fourth-order valence-electron chi connectivity index (χ4n) is 4.79. The number of nitrogens with zero attached hydrogens (tertiary/aromatic N) is 3. The molecular formula is C27H27N3O. The molecule has 0 radical (unpaired) electrons. The number of hydrogen-bond acceptors (Lipinski definition) is 2. The standard InChI is InChI=1S/C27H27N3O/c1-18-7-6-8-21(14-18)16-30-25-10-5-4-9-23(25)28-27(30)22-15-26(31)29(17-22)24-12-11-19(2)13-20(24)3/h4-14,22H,15-17H2,1-3H3/t22-/m0/s1. The summed E-state index contributed by atoms with van der Waals surface area (Å²) >= 11 is 0. The van der Waals surface area contributed by atoms with Crippen LogP contribution < -0.4 is 4.90 Å². The molecule has 0 unspecified atom stereocenters. The minimum absolute atomic E-state index is 0.0745. The lowest BCUT2D eigenvalue weighted by atomic mass is 10.1. The molecular weight excluding hydrogens is 382 g/mol. The van der Waals surface area contributed by atoms with Gasteiger partial charge in [-0.3, -0.25) is 4.79 Å². The quantitative estimate of drug-likeness (QED) is 0.444. The van der Waals surface area contributed by atoms with Gasteiger partial charge in [-0.05, 0) is 50.1 Å². The van der Waals surface area contributed by atoms with Gasteiger partial charge >= 0.3 is 0 Å². The normalized spacial score (nSPS) is 16.4. The number of hydrogen-bond donors (Lipinski definition) is 0. The molecule has 0 bridgehead atoms. The predicted octanol–water partition coefficient (Wildman–Crippen LogP) is 5.53. The molecule has 1 aromatic heterocycles. The Balaban J connectivity index is 1.53. The second-order valence-electron chi connectivity index (χ2n) is 8.73. The third-order valence-electron chi connectivity index (χ3n) is 6.24. The number of para-hydroxylation sites is 2. The second-order valence-corrected chi connectivity index (χ2v) is 8.73. The fraction of sp³-hybridized carbons (Fsp3) is 0.259. The Kier molecular flexibility index (Phi) is 4.85. The highest BCUT2D eigenvalue weighted by Crippen LogP contribution is 2.35. The molecule has 0 spiro atoms. The van der Waals surface area contributed by atoms with Crippen molar-refractivity contribution in [2.24, 2.45) is 0 Å². The molecule has 1 saturated heterocycles. The van der Waals surface area contributed by atoms with Crippen molar-refractivity contribution in [3.63, 3.8) is 0 Å². The van der Waals surface area contributed by atoms with Crippen LogP contribution in [0.3, 0.4) is 0 Å². The second kappa shape index (κ2) is 7.69. The largest absolute Gasteiger partial charge is 0.323 e. The van der Waals surface area contributed by atoms with Gasteiger partial charge in [0.2, 0.25) is 5.91 Å². The van der Waals surface area contributed by atoms with Crippen molar-refractivity contribution in [2.45, 2.75) is 39.7 Å². The van der Waals surface area contributed by atoms with Crippen LogP contribution in [0.5, 0.6) is 0 Å². The number of anilines is 1. The van der Waals surface area contributed by atoms with Crippen molar-refractivity contribution >= 4 is 22.6 Å². The Labute approximate surface area is 183 Å². The smallest absolute Gasteiger partial charge is 0.227 e.